The summed E-state index contributed by atoms with van der Waals surface area (Å²) in [5, 5.41) is 5.04. The molecule has 10 heteroatoms. The lowest BCUT2D eigenvalue weighted by atomic mass is 9.95. The number of carbonyl (C=O) groups is 1. The minimum Gasteiger partial charge on any atom is -0.493 e. The fourth-order valence-electron chi connectivity index (χ4n) is 3.83. The van der Waals surface area contributed by atoms with E-state index in [1.54, 1.807) is 27.2 Å². The van der Waals surface area contributed by atoms with Crippen LogP contribution < -0.4 is 14.8 Å². The van der Waals surface area contributed by atoms with Crippen molar-refractivity contribution in [2.24, 2.45) is 0 Å². The Morgan fingerprint density at radius 3 is 2.58 bits per heavy atom. The van der Waals surface area contributed by atoms with Crippen LogP contribution in [-0.2, 0) is 27.8 Å². The van der Waals surface area contributed by atoms with Gasteiger partial charge in [0.1, 0.15) is 6.04 Å². The molecule has 2 heterocycles. The van der Waals surface area contributed by atoms with Crippen LogP contribution in [0.3, 0.4) is 0 Å². The van der Waals surface area contributed by atoms with E-state index in [2.05, 4.69) is 10.3 Å². The molecule has 0 unspecified atom stereocenters. The number of nitrogens with one attached hydrogen (secondary N) is 1. The lowest BCUT2D eigenvalue weighted by Gasteiger charge is -2.34. The van der Waals surface area contributed by atoms with E-state index in [1.807, 2.05) is 41.8 Å². The minimum absolute atomic E-state index is 0.0698. The first-order valence-electron chi connectivity index (χ1n) is 10.4. The van der Waals surface area contributed by atoms with Gasteiger partial charge in [-0.25, -0.2) is 13.4 Å². The molecule has 8 nitrogen and oxygen atoms in total. The summed E-state index contributed by atoms with van der Waals surface area (Å²) in [7, 11) is -0.441. The van der Waals surface area contributed by atoms with E-state index in [-0.39, 0.29) is 12.3 Å². The van der Waals surface area contributed by atoms with Crippen molar-refractivity contribution in [1.29, 1.82) is 0 Å². The number of hydrogen-bond donors (Lipinski definition) is 1. The van der Waals surface area contributed by atoms with Crippen LogP contribution in [0.1, 0.15) is 18.1 Å². The van der Waals surface area contributed by atoms with Crippen molar-refractivity contribution in [3.8, 4) is 22.8 Å². The van der Waals surface area contributed by atoms with E-state index in [4.69, 9.17) is 9.47 Å². The van der Waals surface area contributed by atoms with Gasteiger partial charge in [-0.3, -0.25) is 4.79 Å². The smallest absolute Gasteiger partial charge is 0.244 e. The van der Waals surface area contributed by atoms with Gasteiger partial charge in [0, 0.05) is 17.5 Å². The summed E-state index contributed by atoms with van der Waals surface area (Å²) in [6.07, 6.45) is 0.315. The maximum atomic E-state index is 13.2. The highest BCUT2D eigenvalue weighted by molar-refractivity contribution is 7.89. The number of sulfonamides is 1. The molecule has 1 aliphatic heterocycles. The molecule has 0 aliphatic carbocycles. The molecular weight excluding hydrogens is 462 g/mol. The molecule has 3 aromatic rings. The summed E-state index contributed by atoms with van der Waals surface area (Å²) in [4.78, 5) is 17.7. The van der Waals surface area contributed by atoms with E-state index in [0.29, 0.717) is 28.7 Å². The third-order valence-corrected chi connectivity index (χ3v) is 8.23. The Hall–Kier alpha value is -2.95. The highest BCUT2D eigenvalue weighted by atomic mass is 32.2. The fraction of sp³-hybridized carbons (Fsp3) is 0.304. The molecular formula is C23H25N3O5S2. The zero-order valence-corrected chi connectivity index (χ0v) is 20.2. The number of carbonyl (C=O) groups excluding carboxylic acids is 1. The van der Waals surface area contributed by atoms with E-state index in [1.165, 1.54) is 15.6 Å². The number of fused-ring (bicyclic) bond motifs is 1. The first-order valence-corrected chi connectivity index (χ1v) is 12.9. The molecule has 33 heavy (non-hydrogen) atoms. The lowest BCUT2D eigenvalue weighted by Crippen LogP contribution is -2.51. The van der Waals surface area contributed by atoms with Crippen molar-refractivity contribution < 1.29 is 22.7 Å². The number of anilines is 1. The Morgan fingerprint density at radius 1 is 1.15 bits per heavy atom. The Kier molecular flexibility index (Phi) is 6.68. The van der Waals surface area contributed by atoms with Crippen molar-refractivity contribution in [1.82, 2.24) is 9.29 Å². The maximum Gasteiger partial charge on any atom is 0.244 e. The molecule has 0 fully saturated rings. The van der Waals surface area contributed by atoms with Gasteiger partial charge < -0.3 is 14.8 Å². The number of ether oxygens (including phenoxy) is 2. The molecule has 1 amide bonds. The Bertz CT molecular complexity index is 1270. The Labute approximate surface area is 197 Å². The second kappa shape index (κ2) is 9.50. The standard InChI is InChI=1S/C23H25N3O5S2/c1-4-33(28,29)26-13-17-8-6-5-7-15(17)11-19(26)22(27)25-23-24-18(14-32-23)16-9-10-20(30-2)21(12-16)31-3/h5-10,12,14,19H,4,11,13H2,1-3H3,(H,24,25,27)/t19-/m1/s1. The number of rotatable bonds is 7. The molecule has 2 aromatic carbocycles. The molecule has 0 saturated carbocycles. The van der Waals surface area contributed by atoms with Crippen molar-refractivity contribution >= 4 is 32.4 Å². The maximum absolute atomic E-state index is 13.2. The number of hydrogen-bond acceptors (Lipinski definition) is 7. The quantitative estimate of drug-likeness (QED) is 0.547. The molecule has 4 rings (SSSR count). The number of thiazole rings is 1. The monoisotopic (exact) mass is 487 g/mol. The van der Waals surface area contributed by atoms with Gasteiger partial charge in [-0.15, -0.1) is 11.3 Å². The third kappa shape index (κ3) is 4.73. The number of nitrogens with zero attached hydrogens (tertiary/aromatic N) is 2. The number of aromatic nitrogens is 1. The number of methoxy groups -OCH3 is 2. The summed E-state index contributed by atoms with van der Waals surface area (Å²) in [6.45, 7) is 1.76. The normalized spacial score (nSPS) is 16.2. The van der Waals surface area contributed by atoms with Crippen molar-refractivity contribution in [3.63, 3.8) is 0 Å². The molecule has 0 saturated heterocycles. The summed E-state index contributed by atoms with van der Waals surface area (Å²) in [6, 6.07) is 12.2. The molecule has 1 N–H and O–H groups in total. The van der Waals surface area contributed by atoms with Crippen molar-refractivity contribution in [2.75, 3.05) is 25.3 Å². The van der Waals surface area contributed by atoms with Crippen LogP contribution in [0.25, 0.3) is 11.3 Å². The third-order valence-electron chi connectivity index (χ3n) is 5.64. The lowest BCUT2D eigenvalue weighted by molar-refractivity contribution is -0.120. The molecule has 1 aliphatic rings. The highest BCUT2D eigenvalue weighted by Gasteiger charge is 2.38. The summed E-state index contributed by atoms with van der Waals surface area (Å²) >= 11 is 1.28. The topological polar surface area (TPSA) is 97.8 Å². The fourth-order valence-corrected chi connectivity index (χ4v) is 5.78. The van der Waals surface area contributed by atoms with E-state index in [0.717, 1.165) is 16.7 Å². The zero-order valence-electron chi connectivity index (χ0n) is 18.6. The SMILES string of the molecule is CCS(=O)(=O)N1Cc2ccccc2C[C@@H]1C(=O)Nc1nc(-c2ccc(OC)c(OC)c2)cs1. The second-order valence-corrected chi connectivity index (χ2v) is 10.6. The van der Waals surface area contributed by atoms with Crippen LogP contribution in [0.4, 0.5) is 5.13 Å². The first kappa shape index (κ1) is 23.2. The van der Waals surface area contributed by atoms with Crippen LogP contribution in [0, 0.1) is 0 Å². The molecule has 0 bridgehead atoms. The van der Waals surface area contributed by atoms with Gasteiger partial charge in [0.05, 0.1) is 25.7 Å². The van der Waals surface area contributed by atoms with E-state index in [9.17, 15) is 13.2 Å². The summed E-state index contributed by atoms with van der Waals surface area (Å²) in [5.74, 6) is 0.726. The van der Waals surface area contributed by atoms with Gasteiger partial charge >= 0.3 is 0 Å². The molecule has 0 spiro atoms. The Balaban J connectivity index is 1.57. The van der Waals surface area contributed by atoms with Gasteiger partial charge in [-0.2, -0.15) is 4.31 Å². The van der Waals surface area contributed by atoms with E-state index < -0.39 is 22.0 Å². The largest absolute Gasteiger partial charge is 0.493 e. The van der Waals surface area contributed by atoms with Gasteiger partial charge in [0.15, 0.2) is 16.6 Å². The van der Waals surface area contributed by atoms with Gasteiger partial charge in [0.2, 0.25) is 15.9 Å². The average molecular weight is 488 g/mol. The number of amides is 1. The van der Waals surface area contributed by atoms with Crippen LogP contribution in [0.15, 0.2) is 47.8 Å². The second-order valence-electron chi connectivity index (χ2n) is 7.53. The van der Waals surface area contributed by atoms with Crippen molar-refractivity contribution in [2.45, 2.75) is 25.9 Å². The zero-order chi connectivity index (χ0) is 23.6. The van der Waals surface area contributed by atoms with Crippen LogP contribution >= 0.6 is 11.3 Å². The van der Waals surface area contributed by atoms with Crippen LogP contribution in [-0.4, -0.2) is 49.6 Å². The Morgan fingerprint density at radius 2 is 1.88 bits per heavy atom. The molecule has 174 valence electrons. The van der Waals surface area contributed by atoms with Crippen LogP contribution in [0.5, 0.6) is 11.5 Å². The molecule has 1 atom stereocenters. The molecule has 0 radical (unpaired) electrons. The predicted octanol–water partition coefficient (Wildman–Crippen LogP) is 3.54. The van der Waals surface area contributed by atoms with Gasteiger partial charge in [-0.05, 0) is 42.7 Å². The highest BCUT2D eigenvalue weighted by Crippen LogP contribution is 2.34. The summed E-state index contributed by atoms with van der Waals surface area (Å²) < 4.78 is 37.4. The average Bonchev–Trinajstić information content (AvgIpc) is 3.31. The van der Waals surface area contributed by atoms with Gasteiger partial charge in [0.25, 0.3) is 0 Å². The van der Waals surface area contributed by atoms with Gasteiger partial charge in [-0.1, -0.05) is 24.3 Å². The van der Waals surface area contributed by atoms with Crippen LogP contribution in [0.2, 0.25) is 0 Å². The first-order chi connectivity index (χ1) is 15.9. The molecule has 1 aromatic heterocycles. The summed E-state index contributed by atoms with van der Waals surface area (Å²) in [5.41, 5.74) is 3.38. The van der Waals surface area contributed by atoms with E-state index >= 15 is 0 Å². The van der Waals surface area contributed by atoms with Crippen molar-refractivity contribution in [3.05, 3.63) is 59.0 Å². The number of benzene rings is 2. The minimum atomic E-state index is -3.57. The predicted molar refractivity (Wildman–Crippen MR) is 128 cm³/mol.